The average molecular weight is 441 g/mol. The van der Waals surface area contributed by atoms with Gasteiger partial charge in [0.05, 0.1) is 30.4 Å². The first-order valence-electron chi connectivity index (χ1n) is 10.2. The Morgan fingerprint density at radius 3 is 2.70 bits per heavy atom. The minimum atomic E-state index is -0.592. The maximum atomic E-state index is 11.5. The van der Waals surface area contributed by atoms with E-state index in [-0.39, 0.29) is 6.04 Å². The fourth-order valence-corrected chi connectivity index (χ4v) is 3.63. The molecule has 5 rings (SSSR count). The number of nitrogens with zero attached hydrogens (tertiary/aromatic N) is 6. The molecule has 1 N–H and O–H groups in total. The predicted octanol–water partition coefficient (Wildman–Crippen LogP) is 4.86. The van der Waals surface area contributed by atoms with Gasteiger partial charge in [0.15, 0.2) is 5.69 Å². The molecule has 3 heterocycles. The van der Waals surface area contributed by atoms with Crippen LogP contribution < -0.4 is 5.32 Å². The Bertz CT molecular complexity index is 1460. The fraction of sp³-hybridized carbons (Fsp3) is 0.130. The number of nitrogens with one attached hydrogen (secondary N) is 1. The van der Waals surface area contributed by atoms with Crippen molar-refractivity contribution in [2.24, 2.45) is 0 Å². The van der Waals surface area contributed by atoms with Crippen molar-refractivity contribution in [2.75, 3.05) is 5.32 Å². The van der Waals surface area contributed by atoms with E-state index >= 15 is 0 Å². The molecule has 0 saturated heterocycles. The number of aromatic nitrogens is 5. The number of anilines is 1. The molecule has 164 valence electrons. The molecule has 0 aliphatic heterocycles. The van der Waals surface area contributed by atoms with Crippen molar-refractivity contribution in [3.05, 3.63) is 88.4 Å². The smallest absolute Gasteiger partial charge is 0.464 e. The van der Waals surface area contributed by atoms with Crippen LogP contribution in [0, 0.1) is 17.0 Å². The van der Waals surface area contributed by atoms with E-state index in [0.29, 0.717) is 11.5 Å². The van der Waals surface area contributed by atoms with Gasteiger partial charge in [-0.15, -0.1) is 0 Å². The molecule has 0 radical (unpaired) electrons. The lowest BCUT2D eigenvalue weighted by atomic mass is 10.1. The summed E-state index contributed by atoms with van der Waals surface area (Å²) in [7, 11) is 0. The highest BCUT2D eigenvalue weighted by atomic mass is 16.6. The summed E-state index contributed by atoms with van der Waals surface area (Å²) in [4.78, 5) is 20.7. The first kappa shape index (κ1) is 20.3. The van der Waals surface area contributed by atoms with E-state index in [2.05, 4.69) is 25.5 Å². The number of hydrogen-bond donors (Lipinski definition) is 1. The van der Waals surface area contributed by atoms with Gasteiger partial charge in [0.25, 0.3) is 0 Å². The largest absolute Gasteiger partial charge is 0.471 e. The number of nitro groups is 1. The van der Waals surface area contributed by atoms with Gasteiger partial charge < -0.3 is 19.8 Å². The summed E-state index contributed by atoms with van der Waals surface area (Å²) in [5.41, 5.74) is 4.67. The van der Waals surface area contributed by atoms with E-state index in [1.165, 1.54) is 4.80 Å². The predicted molar refractivity (Wildman–Crippen MR) is 122 cm³/mol. The van der Waals surface area contributed by atoms with Crippen molar-refractivity contribution in [3.63, 3.8) is 0 Å². The summed E-state index contributed by atoms with van der Waals surface area (Å²) in [5, 5.41) is 24.0. The minimum Gasteiger partial charge on any atom is -0.464 e. The number of benzene rings is 2. The van der Waals surface area contributed by atoms with Crippen LogP contribution in [0.5, 0.6) is 0 Å². The van der Waals surface area contributed by atoms with Gasteiger partial charge in [-0.05, 0) is 65.2 Å². The van der Waals surface area contributed by atoms with E-state index in [1.54, 1.807) is 24.7 Å². The summed E-state index contributed by atoms with van der Waals surface area (Å²) in [6.07, 6.45) is 4.90. The zero-order valence-corrected chi connectivity index (χ0v) is 17.8. The molecule has 0 bridgehead atoms. The third-order valence-electron chi connectivity index (χ3n) is 5.32. The molecule has 3 aromatic heterocycles. The van der Waals surface area contributed by atoms with E-state index in [1.807, 2.05) is 56.3 Å². The summed E-state index contributed by atoms with van der Waals surface area (Å²) in [6.45, 7) is 3.89. The van der Waals surface area contributed by atoms with Crippen LogP contribution in [0.15, 0.2) is 71.6 Å². The van der Waals surface area contributed by atoms with Crippen LogP contribution in [0.4, 0.5) is 11.8 Å². The normalized spacial score (nSPS) is 12.1. The lowest BCUT2D eigenvalue weighted by Crippen LogP contribution is -2.10. The Kier molecular flexibility index (Phi) is 5.02. The van der Waals surface area contributed by atoms with Crippen LogP contribution in [0.3, 0.4) is 0 Å². The lowest BCUT2D eigenvalue weighted by molar-refractivity contribution is -0.394. The molecule has 10 nitrogen and oxygen atoms in total. The van der Waals surface area contributed by atoms with Gasteiger partial charge in [-0.3, -0.25) is 0 Å². The standard InChI is InChI=1S/C23H19N7O3/c1-14-13-33-21-7-6-17(11-19(14)21)20-12-22(28-23(27-20)30(31)32)26-15(2)16-4-3-5-18(10-16)29-24-8-9-25-29/h3-13,15H,1-2H3,(H,26,27,28). The van der Waals surface area contributed by atoms with E-state index in [0.717, 1.165) is 33.3 Å². The van der Waals surface area contributed by atoms with Crippen molar-refractivity contribution in [3.8, 4) is 16.9 Å². The SMILES string of the molecule is Cc1coc2ccc(-c3cc(NC(C)c4cccc(-n5nccn5)c4)nc([N+](=O)[O-])n3)cc12. The lowest BCUT2D eigenvalue weighted by Gasteiger charge is -2.14. The third-order valence-corrected chi connectivity index (χ3v) is 5.32. The third kappa shape index (κ3) is 4.01. The number of hydrogen-bond acceptors (Lipinski definition) is 8. The van der Waals surface area contributed by atoms with Crippen molar-refractivity contribution in [1.29, 1.82) is 0 Å². The molecule has 0 amide bonds. The molecule has 0 aliphatic carbocycles. The van der Waals surface area contributed by atoms with Crippen molar-refractivity contribution in [1.82, 2.24) is 25.0 Å². The summed E-state index contributed by atoms with van der Waals surface area (Å²) in [5.74, 6) is -0.119. The zero-order valence-electron chi connectivity index (χ0n) is 17.8. The van der Waals surface area contributed by atoms with Gasteiger partial charge in [0.2, 0.25) is 5.82 Å². The first-order chi connectivity index (χ1) is 16.0. The highest BCUT2D eigenvalue weighted by Gasteiger charge is 2.20. The van der Waals surface area contributed by atoms with E-state index in [4.69, 9.17) is 4.42 Å². The minimum absolute atomic E-state index is 0.193. The molecule has 2 aromatic carbocycles. The topological polar surface area (TPSA) is 125 Å². The Balaban J connectivity index is 1.49. The van der Waals surface area contributed by atoms with Crippen LogP contribution in [0.1, 0.15) is 24.1 Å². The molecule has 0 spiro atoms. The van der Waals surface area contributed by atoms with E-state index in [9.17, 15) is 10.1 Å². The van der Waals surface area contributed by atoms with Crippen molar-refractivity contribution >= 4 is 22.7 Å². The highest BCUT2D eigenvalue weighted by Crippen LogP contribution is 2.29. The van der Waals surface area contributed by atoms with Gasteiger partial charge in [-0.1, -0.05) is 17.1 Å². The van der Waals surface area contributed by atoms with Crippen LogP contribution in [-0.2, 0) is 0 Å². The molecule has 1 unspecified atom stereocenters. The molecule has 10 heteroatoms. The second kappa shape index (κ2) is 8.15. The molecule has 1 atom stereocenters. The molecular formula is C23H19N7O3. The van der Waals surface area contributed by atoms with Gasteiger partial charge in [-0.2, -0.15) is 15.0 Å². The summed E-state index contributed by atoms with van der Waals surface area (Å²) in [6, 6.07) is 14.8. The Hall–Kier alpha value is -4.60. The quantitative estimate of drug-likeness (QED) is 0.292. The average Bonchev–Trinajstić information content (AvgIpc) is 3.49. The van der Waals surface area contributed by atoms with Crippen LogP contribution in [0.25, 0.3) is 27.9 Å². The van der Waals surface area contributed by atoms with E-state index < -0.39 is 10.9 Å². The number of aryl methyl sites for hydroxylation is 1. The van der Waals surface area contributed by atoms with Crippen molar-refractivity contribution < 1.29 is 9.34 Å². The molecule has 33 heavy (non-hydrogen) atoms. The molecular weight excluding hydrogens is 422 g/mol. The number of fused-ring (bicyclic) bond motifs is 1. The van der Waals surface area contributed by atoms with Gasteiger partial charge in [0, 0.05) is 17.0 Å². The fourth-order valence-electron chi connectivity index (χ4n) is 3.63. The second-order valence-corrected chi connectivity index (χ2v) is 7.60. The monoisotopic (exact) mass is 441 g/mol. The highest BCUT2D eigenvalue weighted by molar-refractivity contribution is 5.85. The Labute approximate surface area is 188 Å². The summed E-state index contributed by atoms with van der Waals surface area (Å²) >= 11 is 0. The maximum Gasteiger partial charge on any atom is 0.471 e. The first-order valence-corrected chi connectivity index (χ1v) is 10.2. The molecule has 5 aromatic rings. The maximum absolute atomic E-state index is 11.5. The van der Waals surface area contributed by atoms with Gasteiger partial charge in [-0.25, -0.2) is 0 Å². The van der Waals surface area contributed by atoms with Crippen LogP contribution in [-0.4, -0.2) is 29.9 Å². The van der Waals surface area contributed by atoms with Crippen LogP contribution >= 0.6 is 0 Å². The zero-order chi connectivity index (χ0) is 22.9. The van der Waals surface area contributed by atoms with Gasteiger partial charge >= 0.3 is 5.95 Å². The Morgan fingerprint density at radius 1 is 1.09 bits per heavy atom. The molecule has 0 fully saturated rings. The van der Waals surface area contributed by atoms with Gasteiger partial charge in [0.1, 0.15) is 5.58 Å². The second-order valence-electron chi connectivity index (χ2n) is 7.60. The Morgan fingerprint density at radius 2 is 1.91 bits per heavy atom. The number of rotatable bonds is 6. The van der Waals surface area contributed by atoms with Crippen molar-refractivity contribution in [2.45, 2.75) is 19.9 Å². The van der Waals surface area contributed by atoms with Crippen LogP contribution in [0.2, 0.25) is 0 Å². The molecule has 0 aliphatic rings. The molecule has 0 saturated carbocycles. The number of furan rings is 1. The summed E-state index contributed by atoms with van der Waals surface area (Å²) < 4.78 is 5.50.